The van der Waals surface area contributed by atoms with Crippen LogP contribution in [-0.4, -0.2) is 44.0 Å². The fourth-order valence-corrected chi connectivity index (χ4v) is 2.49. The van der Waals surface area contributed by atoms with Gasteiger partial charge in [-0.15, -0.1) is 0 Å². The van der Waals surface area contributed by atoms with Crippen LogP contribution in [0.4, 0.5) is 0 Å². The first kappa shape index (κ1) is 16.1. The summed E-state index contributed by atoms with van der Waals surface area (Å²) in [6.45, 7) is 1.62. The van der Waals surface area contributed by atoms with Gasteiger partial charge in [0.1, 0.15) is 0 Å². The molecule has 1 saturated heterocycles. The predicted octanol–water partition coefficient (Wildman–Crippen LogP) is 1.33. The van der Waals surface area contributed by atoms with Crippen molar-refractivity contribution in [1.29, 1.82) is 0 Å². The molecule has 1 N–H and O–H groups in total. The molecular weight excluding hydrogens is 284 g/mol. The largest absolute Gasteiger partial charge is 0.493 e. The Kier molecular flexibility index (Phi) is 5.63. The van der Waals surface area contributed by atoms with E-state index in [4.69, 9.17) is 9.47 Å². The number of hydrogen-bond acceptors (Lipinski definition) is 4. The van der Waals surface area contributed by atoms with E-state index in [1.807, 2.05) is 6.07 Å². The summed E-state index contributed by atoms with van der Waals surface area (Å²) in [7, 11) is 3.12. The second-order valence-corrected chi connectivity index (χ2v) is 5.22. The molecule has 0 radical (unpaired) electrons. The van der Waals surface area contributed by atoms with Crippen molar-refractivity contribution in [2.45, 2.75) is 25.8 Å². The molecule has 1 aromatic rings. The molecule has 1 aromatic carbocycles. The molecule has 2 amide bonds. The molecule has 0 saturated carbocycles. The minimum Gasteiger partial charge on any atom is -0.493 e. The minimum atomic E-state index is -0.559. The Labute approximate surface area is 130 Å². The van der Waals surface area contributed by atoms with Crippen LogP contribution in [0.25, 0.3) is 0 Å². The topological polar surface area (TPSA) is 67.9 Å². The van der Waals surface area contributed by atoms with E-state index < -0.39 is 11.8 Å². The number of rotatable bonds is 4. The number of carbonyl (C=O) groups is 2. The third-order valence-electron chi connectivity index (χ3n) is 3.74. The highest BCUT2D eigenvalue weighted by atomic mass is 16.5. The van der Waals surface area contributed by atoms with Crippen LogP contribution >= 0.6 is 0 Å². The Balaban J connectivity index is 1.91. The van der Waals surface area contributed by atoms with Crippen LogP contribution in [-0.2, 0) is 16.1 Å². The van der Waals surface area contributed by atoms with Gasteiger partial charge in [-0.25, -0.2) is 0 Å². The lowest BCUT2D eigenvalue weighted by atomic mass is 10.1. The fourth-order valence-electron chi connectivity index (χ4n) is 2.49. The number of ether oxygens (including phenoxy) is 2. The molecule has 0 aromatic heterocycles. The molecule has 0 unspecified atom stereocenters. The van der Waals surface area contributed by atoms with Gasteiger partial charge < -0.3 is 19.7 Å². The zero-order chi connectivity index (χ0) is 15.9. The third kappa shape index (κ3) is 3.90. The number of benzene rings is 1. The first-order valence-electron chi connectivity index (χ1n) is 7.43. The van der Waals surface area contributed by atoms with E-state index in [1.165, 1.54) is 0 Å². The summed E-state index contributed by atoms with van der Waals surface area (Å²) in [6.07, 6.45) is 3.06. The van der Waals surface area contributed by atoms with Crippen LogP contribution in [0.2, 0.25) is 0 Å². The predicted molar refractivity (Wildman–Crippen MR) is 81.8 cm³/mol. The summed E-state index contributed by atoms with van der Waals surface area (Å²) in [5.41, 5.74) is 0.845. The highest BCUT2D eigenvalue weighted by Gasteiger charge is 2.22. The van der Waals surface area contributed by atoms with Gasteiger partial charge in [0.15, 0.2) is 11.5 Å². The van der Waals surface area contributed by atoms with Crippen molar-refractivity contribution in [3.8, 4) is 11.5 Å². The molecule has 0 atom stereocenters. The highest BCUT2D eigenvalue weighted by Crippen LogP contribution is 2.27. The lowest BCUT2D eigenvalue weighted by molar-refractivity contribution is -0.146. The van der Waals surface area contributed by atoms with Crippen molar-refractivity contribution < 1.29 is 19.1 Å². The fraction of sp³-hybridized carbons (Fsp3) is 0.500. The van der Waals surface area contributed by atoms with E-state index in [1.54, 1.807) is 31.3 Å². The summed E-state index contributed by atoms with van der Waals surface area (Å²) >= 11 is 0. The zero-order valence-corrected chi connectivity index (χ0v) is 13.1. The zero-order valence-electron chi connectivity index (χ0n) is 13.1. The summed E-state index contributed by atoms with van der Waals surface area (Å²) in [5.74, 6) is 0.218. The molecule has 0 bridgehead atoms. The second kappa shape index (κ2) is 7.68. The van der Waals surface area contributed by atoms with Crippen LogP contribution in [0.1, 0.15) is 24.8 Å². The quantitative estimate of drug-likeness (QED) is 0.852. The highest BCUT2D eigenvalue weighted by molar-refractivity contribution is 6.34. The maximum absolute atomic E-state index is 12.0. The van der Waals surface area contributed by atoms with E-state index in [-0.39, 0.29) is 6.54 Å². The maximum atomic E-state index is 12.0. The van der Waals surface area contributed by atoms with E-state index >= 15 is 0 Å². The molecule has 0 aliphatic carbocycles. The van der Waals surface area contributed by atoms with Gasteiger partial charge in [0, 0.05) is 19.6 Å². The van der Waals surface area contributed by atoms with Crippen LogP contribution in [0.15, 0.2) is 18.2 Å². The van der Waals surface area contributed by atoms with Gasteiger partial charge in [-0.05, 0) is 37.0 Å². The van der Waals surface area contributed by atoms with E-state index in [2.05, 4.69) is 5.32 Å². The Bertz CT molecular complexity index is 539. The monoisotopic (exact) mass is 306 g/mol. The molecule has 1 aliphatic heterocycles. The lowest BCUT2D eigenvalue weighted by Crippen LogP contribution is -2.44. The lowest BCUT2D eigenvalue weighted by Gasteiger charge is -2.25. The number of methoxy groups -OCH3 is 2. The van der Waals surface area contributed by atoms with Crippen molar-refractivity contribution >= 4 is 11.8 Å². The number of nitrogens with zero attached hydrogens (tertiary/aromatic N) is 1. The Morgan fingerprint density at radius 3 is 2.41 bits per heavy atom. The standard InChI is InChI=1S/C16H22N2O4/c1-21-13-7-6-12(10-14(13)22-2)11-17-15(19)16(20)18-8-4-3-5-9-18/h6-7,10H,3-5,8-9,11H2,1-2H3,(H,17,19). The molecular formula is C16H22N2O4. The third-order valence-corrected chi connectivity index (χ3v) is 3.74. The Hall–Kier alpha value is -2.24. The molecule has 2 rings (SSSR count). The van der Waals surface area contributed by atoms with E-state index in [0.29, 0.717) is 24.6 Å². The first-order chi connectivity index (χ1) is 10.7. The van der Waals surface area contributed by atoms with Gasteiger partial charge in [-0.3, -0.25) is 9.59 Å². The number of likely N-dealkylation sites (tertiary alicyclic amines) is 1. The van der Waals surface area contributed by atoms with Crippen molar-refractivity contribution in [2.75, 3.05) is 27.3 Å². The van der Waals surface area contributed by atoms with Crippen molar-refractivity contribution in [3.05, 3.63) is 23.8 Å². The molecule has 1 heterocycles. The molecule has 1 fully saturated rings. The number of nitrogens with one attached hydrogen (secondary N) is 1. The Morgan fingerprint density at radius 1 is 1.09 bits per heavy atom. The van der Waals surface area contributed by atoms with E-state index in [0.717, 1.165) is 24.8 Å². The summed E-state index contributed by atoms with van der Waals surface area (Å²) < 4.78 is 10.4. The molecule has 120 valence electrons. The van der Waals surface area contributed by atoms with Crippen molar-refractivity contribution in [3.63, 3.8) is 0 Å². The molecule has 22 heavy (non-hydrogen) atoms. The maximum Gasteiger partial charge on any atom is 0.311 e. The SMILES string of the molecule is COc1ccc(CNC(=O)C(=O)N2CCCCC2)cc1OC. The van der Waals surface area contributed by atoms with Crippen LogP contribution in [0, 0.1) is 0 Å². The minimum absolute atomic E-state index is 0.277. The van der Waals surface area contributed by atoms with Gasteiger partial charge in [0.2, 0.25) is 0 Å². The average molecular weight is 306 g/mol. The van der Waals surface area contributed by atoms with Gasteiger partial charge in [-0.2, -0.15) is 0 Å². The summed E-state index contributed by atoms with van der Waals surface area (Å²) in [5, 5.41) is 2.66. The normalized spacial score (nSPS) is 14.4. The summed E-state index contributed by atoms with van der Waals surface area (Å²) in [6, 6.07) is 5.38. The van der Waals surface area contributed by atoms with Crippen LogP contribution in [0.5, 0.6) is 11.5 Å². The van der Waals surface area contributed by atoms with Gasteiger partial charge in [0.05, 0.1) is 14.2 Å². The summed E-state index contributed by atoms with van der Waals surface area (Å²) in [4.78, 5) is 25.6. The van der Waals surface area contributed by atoms with E-state index in [9.17, 15) is 9.59 Å². The average Bonchev–Trinajstić information content (AvgIpc) is 2.59. The van der Waals surface area contributed by atoms with Crippen molar-refractivity contribution in [2.24, 2.45) is 0 Å². The number of piperidine rings is 1. The number of carbonyl (C=O) groups excluding carboxylic acids is 2. The Morgan fingerprint density at radius 2 is 1.77 bits per heavy atom. The number of hydrogen-bond donors (Lipinski definition) is 1. The first-order valence-corrected chi connectivity index (χ1v) is 7.43. The molecule has 6 nitrogen and oxygen atoms in total. The van der Waals surface area contributed by atoms with Crippen LogP contribution in [0.3, 0.4) is 0 Å². The second-order valence-electron chi connectivity index (χ2n) is 5.22. The molecule has 0 spiro atoms. The molecule has 1 aliphatic rings. The van der Waals surface area contributed by atoms with Crippen molar-refractivity contribution in [1.82, 2.24) is 10.2 Å². The smallest absolute Gasteiger partial charge is 0.311 e. The van der Waals surface area contributed by atoms with Gasteiger partial charge >= 0.3 is 11.8 Å². The van der Waals surface area contributed by atoms with Crippen LogP contribution < -0.4 is 14.8 Å². The van der Waals surface area contributed by atoms with Gasteiger partial charge in [-0.1, -0.05) is 6.07 Å². The molecule has 6 heteroatoms. The van der Waals surface area contributed by atoms with Gasteiger partial charge in [0.25, 0.3) is 0 Å². The number of amides is 2.